The van der Waals surface area contributed by atoms with Crippen LogP contribution in [0.1, 0.15) is 0 Å². The van der Waals surface area contributed by atoms with Crippen LogP contribution in [0.15, 0.2) is 53.4 Å². The molecule has 0 aliphatic carbocycles. The number of sulfonamides is 2. The number of rotatable bonds is 5. The second-order valence-electron chi connectivity index (χ2n) is 4.48. The van der Waals surface area contributed by atoms with E-state index in [2.05, 4.69) is 9.44 Å². The smallest absolute Gasteiger partial charge is 0.261 e. The maximum absolute atomic E-state index is 13.5. The molecule has 118 valence electrons. The first-order valence-corrected chi connectivity index (χ1v) is 9.40. The lowest BCUT2D eigenvalue weighted by Crippen LogP contribution is -2.14. The zero-order valence-electron chi connectivity index (χ0n) is 11.4. The van der Waals surface area contributed by atoms with E-state index in [1.807, 2.05) is 0 Å². The molecule has 2 rings (SSSR count). The molecule has 9 heteroatoms. The van der Waals surface area contributed by atoms with Crippen molar-refractivity contribution in [3.8, 4) is 0 Å². The fourth-order valence-electron chi connectivity index (χ4n) is 1.66. The summed E-state index contributed by atoms with van der Waals surface area (Å²) in [5.41, 5.74) is 0.0631. The van der Waals surface area contributed by atoms with E-state index >= 15 is 0 Å². The Morgan fingerprint density at radius 2 is 1.45 bits per heavy atom. The van der Waals surface area contributed by atoms with Crippen LogP contribution < -0.4 is 9.44 Å². The van der Waals surface area contributed by atoms with Gasteiger partial charge in [0.25, 0.3) is 10.0 Å². The summed E-state index contributed by atoms with van der Waals surface area (Å²) in [5, 5.41) is 0. The Kier molecular flexibility index (Phi) is 4.38. The minimum absolute atomic E-state index is 0.116. The van der Waals surface area contributed by atoms with Crippen LogP contribution in [0.2, 0.25) is 0 Å². The van der Waals surface area contributed by atoms with Crippen LogP contribution in [0.25, 0.3) is 0 Å². The van der Waals surface area contributed by atoms with Gasteiger partial charge in [0, 0.05) is 5.69 Å². The highest BCUT2D eigenvalue weighted by Crippen LogP contribution is 2.20. The van der Waals surface area contributed by atoms with E-state index in [-0.39, 0.29) is 16.3 Å². The van der Waals surface area contributed by atoms with Gasteiger partial charge in [0.2, 0.25) is 10.0 Å². The van der Waals surface area contributed by atoms with E-state index in [1.165, 1.54) is 42.5 Å². The van der Waals surface area contributed by atoms with Crippen molar-refractivity contribution in [2.24, 2.45) is 0 Å². The Hall–Kier alpha value is -2.13. The van der Waals surface area contributed by atoms with Crippen molar-refractivity contribution in [1.82, 2.24) is 0 Å². The van der Waals surface area contributed by atoms with Crippen molar-refractivity contribution >= 4 is 31.4 Å². The summed E-state index contributed by atoms with van der Waals surface area (Å²) in [6.07, 6.45) is 0.984. The van der Waals surface area contributed by atoms with Crippen molar-refractivity contribution in [3.05, 3.63) is 54.3 Å². The van der Waals surface area contributed by atoms with Crippen molar-refractivity contribution in [1.29, 1.82) is 0 Å². The number of anilines is 2. The van der Waals surface area contributed by atoms with E-state index in [0.29, 0.717) is 0 Å². The fraction of sp³-hybridized carbons (Fsp3) is 0.0769. The van der Waals surface area contributed by atoms with Crippen LogP contribution >= 0.6 is 0 Å². The highest BCUT2D eigenvalue weighted by atomic mass is 32.2. The van der Waals surface area contributed by atoms with E-state index in [1.54, 1.807) is 0 Å². The molecule has 0 saturated heterocycles. The van der Waals surface area contributed by atoms with Gasteiger partial charge in [0.1, 0.15) is 5.82 Å². The van der Waals surface area contributed by atoms with Gasteiger partial charge in [-0.05, 0) is 36.4 Å². The minimum atomic E-state index is -3.96. The molecule has 22 heavy (non-hydrogen) atoms. The SMILES string of the molecule is CS(=O)(=O)Nc1ccc(S(=O)(=O)Nc2ccccc2F)cc1. The Morgan fingerprint density at radius 1 is 0.864 bits per heavy atom. The minimum Gasteiger partial charge on any atom is -0.284 e. The molecular formula is C13H13FN2O4S2. The average molecular weight is 344 g/mol. The lowest BCUT2D eigenvalue weighted by molar-refractivity contribution is 0.598. The first-order valence-electron chi connectivity index (χ1n) is 6.02. The van der Waals surface area contributed by atoms with E-state index < -0.39 is 25.9 Å². The van der Waals surface area contributed by atoms with Gasteiger partial charge in [-0.2, -0.15) is 0 Å². The van der Waals surface area contributed by atoms with E-state index in [9.17, 15) is 21.2 Å². The molecule has 0 aromatic heterocycles. The van der Waals surface area contributed by atoms with Crippen LogP contribution in [-0.2, 0) is 20.0 Å². The molecule has 0 unspecified atom stereocenters. The summed E-state index contributed by atoms with van der Waals surface area (Å²) >= 11 is 0. The van der Waals surface area contributed by atoms with Crippen LogP contribution in [-0.4, -0.2) is 23.1 Å². The quantitative estimate of drug-likeness (QED) is 0.868. The molecule has 0 amide bonds. The number of hydrogen-bond donors (Lipinski definition) is 2. The summed E-state index contributed by atoms with van der Waals surface area (Å²) in [5.74, 6) is -0.693. The monoisotopic (exact) mass is 344 g/mol. The molecule has 0 aliphatic heterocycles. The van der Waals surface area contributed by atoms with Crippen LogP contribution in [0.5, 0.6) is 0 Å². The predicted molar refractivity (Wildman–Crippen MR) is 82.1 cm³/mol. The number of para-hydroxylation sites is 1. The van der Waals surface area contributed by atoms with Crippen molar-refractivity contribution in [3.63, 3.8) is 0 Å². The summed E-state index contributed by atoms with van der Waals surface area (Å²) < 4.78 is 64.2. The molecule has 0 heterocycles. The largest absolute Gasteiger partial charge is 0.284 e. The lowest BCUT2D eigenvalue weighted by Gasteiger charge is -2.09. The third-order valence-corrected chi connectivity index (χ3v) is 4.57. The lowest BCUT2D eigenvalue weighted by atomic mass is 10.3. The molecule has 0 bridgehead atoms. The Morgan fingerprint density at radius 3 is 2.00 bits per heavy atom. The molecule has 0 aliphatic rings. The highest BCUT2D eigenvalue weighted by Gasteiger charge is 2.16. The van der Waals surface area contributed by atoms with Gasteiger partial charge in [0.15, 0.2) is 0 Å². The van der Waals surface area contributed by atoms with E-state index in [0.717, 1.165) is 12.3 Å². The summed E-state index contributed by atoms with van der Waals surface area (Å²) in [6, 6.07) is 10.4. The number of halogens is 1. The van der Waals surface area contributed by atoms with Crippen LogP contribution in [0.4, 0.5) is 15.8 Å². The van der Waals surface area contributed by atoms with Gasteiger partial charge in [-0.15, -0.1) is 0 Å². The number of nitrogens with one attached hydrogen (secondary N) is 2. The molecule has 0 saturated carbocycles. The van der Waals surface area contributed by atoms with Gasteiger partial charge < -0.3 is 0 Å². The highest BCUT2D eigenvalue weighted by molar-refractivity contribution is 7.92. The second-order valence-corrected chi connectivity index (χ2v) is 7.91. The third-order valence-electron chi connectivity index (χ3n) is 2.59. The fourth-order valence-corrected chi connectivity index (χ4v) is 3.30. The summed E-state index contributed by atoms with van der Waals surface area (Å²) in [6.45, 7) is 0. The molecule has 0 radical (unpaired) electrons. The topological polar surface area (TPSA) is 92.3 Å². The molecule has 2 aromatic rings. The Labute approximate surface area is 128 Å². The van der Waals surface area contributed by atoms with Crippen molar-refractivity contribution in [2.75, 3.05) is 15.7 Å². The predicted octanol–water partition coefficient (Wildman–Crippen LogP) is 2.00. The second kappa shape index (κ2) is 5.93. The maximum atomic E-state index is 13.5. The van der Waals surface area contributed by atoms with Gasteiger partial charge >= 0.3 is 0 Å². The molecule has 0 fully saturated rings. The molecule has 2 aromatic carbocycles. The van der Waals surface area contributed by atoms with Gasteiger partial charge in [-0.3, -0.25) is 9.44 Å². The van der Waals surface area contributed by atoms with Crippen molar-refractivity contribution in [2.45, 2.75) is 4.90 Å². The maximum Gasteiger partial charge on any atom is 0.261 e. The third kappa shape index (κ3) is 4.18. The Bertz CT molecular complexity index is 879. The summed E-state index contributed by atoms with van der Waals surface area (Å²) in [4.78, 5) is -0.116. The Balaban J connectivity index is 2.25. The summed E-state index contributed by atoms with van der Waals surface area (Å²) in [7, 11) is -7.41. The van der Waals surface area contributed by atoms with Gasteiger partial charge in [-0.25, -0.2) is 21.2 Å². The normalized spacial score (nSPS) is 11.9. The van der Waals surface area contributed by atoms with Crippen LogP contribution in [0.3, 0.4) is 0 Å². The zero-order valence-corrected chi connectivity index (χ0v) is 13.1. The van der Waals surface area contributed by atoms with Crippen molar-refractivity contribution < 1.29 is 21.2 Å². The zero-order chi connectivity index (χ0) is 16.4. The van der Waals surface area contributed by atoms with Crippen LogP contribution in [0, 0.1) is 5.82 Å². The van der Waals surface area contributed by atoms with E-state index in [4.69, 9.17) is 0 Å². The van der Waals surface area contributed by atoms with Gasteiger partial charge in [-0.1, -0.05) is 12.1 Å². The van der Waals surface area contributed by atoms with Gasteiger partial charge in [0.05, 0.1) is 16.8 Å². The molecule has 0 spiro atoms. The number of benzene rings is 2. The first-order chi connectivity index (χ1) is 10.2. The molecule has 0 atom stereocenters. The standard InChI is InChI=1S/C13H13FN2O4S2/c1-21(17,18)15-10-6-8-11(9-7-10)22(19,20)16-13-5-3-2-4-12(13)14/h2-9,15-16H,1H3. The first kappa shape index (κ1) is 16.2. The number of hydrogen-bond acceptors (Lipinski definition) is 4. The molecule has 6 nitrogen and oxygen atoms in total. The average Bonchev–Trinajstić information content (AvgIpc) is 2.40. The molecular weight excluding hydrogens is 331 g/mol. The molecule has 2 N–H and O–H groups in total.